The number of aromatic nitrogens is 1. The van der Waals surface area contributed by atoms with Crippen molar-refractivity contribution in [1.82, 2.24) is 20.5 Å². The third-order valence-corrected chi connectivity index (χ3v) is 4.28. The lowest BCUT2D eigenvalue weighted by molar-refractivity contribution is 0.0302. The summed E-state index contributed by atoms with van der Waals surface area (Å²) in [6.45, 7) is 9.55. The molecule has 1 heterocycles. The summed E-state index contributed by atoms with van der Waals surface area (Å²) >= 11 is 0. The van der Waals surface area contributed by atoms with E-state index in [0.29, 0.717) is 19.0 Å². The number of aliphatic imine (C=N–C) groups is 1. The van der Waals surface area contributed by atoms with E-state index in [-0.39, 0.29) is 6.09 Å². The first-order valence-electron chi connectivity index (χ1n) is 9.65. The van der Waals surface area contributed by atoms with E-state index in [2.05, 4.69) is 51.9 Å². The summed E-state index contributed by atoms with van der Waals surface area (Å²) in [5.74, 6) is 0.716. The van der Waals surface area contributed by atoms with Crippen molar-refractivity contribution in [2.45, 2.75) is 39.7 Å². The number of amides is 1. The van der Waals surface area contributed by atoms with E-state index in [1.54, 1.807) is 19.0 Å². The summed E-state index contributed by atoms with van der Waals surface area (Å²) in [6, 6.07) is 6.46. The van der Waals surface area contributed by atoms with Gasteiger partial charge in [-0.05, 0) is 51.3 Å². The van der Waals surface area contributed by atoms with E-state index in [0.717, 1.165) is 13.0 Å². The van der Waals surface area contributed by atoms with Crippen LogP contribution >= 0.6 is 0 Å². The molecule has 0 radical (unpaired) electrons. The Balaban J connectivity index is 1.75. The number of aryl methyl sites for hydroxylation is 1. The van der Waals surface area contributed by atoms with Gasteiger partial charge in [-0.3, -0.25) is 4.99 Å². The van der Waals surface area contributed by atoms with Crippen LogP contribution in [0.25, 0.3) is 10.9 Å². The highest BCUT2D eigenvalue weighted by Crippen LogP contribution is 2.19. The van der Waals surface area contributed by atoms with Gasteiger partial charge < -0.3 is 25.3 Å². The standard InChI is InChI=1S/C21H33N5O2/c1-15-7-8-17-16(14-25-18(17)13-15)9-10-23-19(22-5)24-11-12-26(6)20(27)28-21(2,3)4/h7-8,13-14,25H,9-12H2,1-6H3,(H2,22,23,24). The van der Waals surface area contributed by atoms with Gasteiger partial charge in [-0.25, -0.2) is 4.79 Å². The summed E-state index contributed by atoms with van der Waals surface area (Å²) in [5.41, 5.74) is 3.21. The summed E-state index contributed by atoms with van der Waals surface area (Å²) in [4.78, 5) is 21.1. The lowest BCUT2D eigenvalue weighted by atomic mass is 10.1. The Kier molecular flexibility index (Phi) is 7.31. The Morgan fingerprint density at radius 1 is 1.25 bits per heavy atom. The second-order valence-electron chi connectivity index (χ2n) is 7.94. The van der Waals surface area contributed by atoms with Crippen molar-refractivity contribution in [2.24, 2.45) is 4.99 Å². The monoisotopic (exact) mass is 387 g/mol. The summed E-state index contributed by atoms with van der Waals surface area (Å²) in [7, 11) is 3.46. The van der Waals surface area contributed by atoms with Crippen LogP contribution in [0.4, 0.5) is 4.79 Å². The predicted molar refractivity (Wildman–Crippen MR) is 115 cm³/mol. The van der Waals surface area contributed by atoms with Gasteiger partial charge in [0.25, 0.3) is 0 Å². The van der Waals surface area contributed by atoms with Crippen molar-refractivity contribution in [3.8, 4) is 0 Å². The number of nitrogens with one attached hydrogen (secondary N) is 3. The number of ether oxygens (including phenoxy) is 1. The van der Waals surface area contributed by atoms with E-state index in [1.165, 1.54) is 22.0 Å². The molecule has 0 unspecified atom stereocenters. The molecule has 0 saturated carbocycles. The van der Waals surface area contributed by atoms with Gasteiger partial charge in [0.05, 0.1) is 0 Å². The molecule has 28 heavy (non-hydrogen) atoms. The number of carbonyl (C=O) groups excluding carboxylic acids is 1. The Hall–Kier alpha value is -2.70. The molecule has 0 atom stereocenters. The number of H-pyrrole nitrogens is 1. The lowest BCUT2D eigenvalue weighted by Gasteiger charge is -2.24. The summed E-state index contributed by atoms with van der Waals surface area (Å²) in [6.07, 6.45) is 2.63. The number of rotatable bonds is 6. The highest BCUT2D eigenvalue weighted by molar-refractivity contribution is 5.84. The fraction of sp³-hybridized carbons (Fsp3) is 0.524. The van der Waals surface area contributed by atoms with Crippen LogP contribution in [0.5, 0.6) is 0 Å². The normalized spacial score (nSPS) is 12.1. The highest BCUT2D eigenvalue weighted by atomic mass is 16.6. The van der Waals surface area contributed by atoms with E-state index in [9.17, 15) is 4.79 Å². The molecule has 0 aliphatic rings. The predicted octanol–water partition coefficient (Wildman–Crippen LogP) is 3.05. The minimum atomic E-state index is -0.489. The SMILES string of the molecule is CN=C(NCCc1c[nH]c2cc(C)ccc12)NCCN(C)C(=O)OC(C)(C)C. The molecule has 154 valence electrons. The minimum Gasteiger partial charge on any atom is -0.444 e. The number of benzene rings is 1. The number of nitrogens with zero attached hydrogens (tertiary/aromatic N) is 2. The van der Waals surface area contributed by atoms with Crippen LogP contribution in [-0.4, -0.2) is 61.3 Å². The number of hydrogen-bond acceptors (Lipinski definition) is 3. The van der Waals surface area contributed by atoms with Gasteiger partial charge in [0.2, 0.25) is 0 Å². The zero-order valence-corrected chi connectivity index (χ0v) is 17.8. The van der Waals surface area contributed by atoms with Crippen molar-refractivity contribution in [3.05, 3.63) is 35.5 Å². The van der Waals surface area contributed by atoms with E-state index < -0.39 is 5.60 Å². The number of guanidine groups is 1. The molecule has 1 aromatic carbocycles. The van der Waals surface area contributed by atoms with Crippen molar-refractivity contribution in [3.63, 3.8) is 0 Å². The average Bonchev–Trinajstić information content (AvgIpc) is 3.00. The molecule has 2 aromatic rings. The Bertz CT molecular complexity index is 820. The van der Waals surface area contributed by atoms with Gasteiger partial charge in [-0.15, -0.1) is 0 Å². The lowest BCUT2D eigenvalue weighted by Crippen LogP contribution is -2.43. The van der Waals surface area contributed by atoms with Crippen LogP contribution in [0.3, 0.4) is 0 Å². The fourth-order valence-corrected chi connectivity index (χ4v) is 2.82. The maximum atomic E-state index is 12.0. The third-order valence-electron chi connectivity index (χ3n) is 4.28. The molecule has 1 aromatic heterocycles. The van der Waals surface area contributed by atoms with Gasteiger partial charge in [0, 0.05) is 50.8 Å². The van der Waals surface area contributed by atoms with Gasteiger partial charge in [0.1, 0.15) is 5.60 Å². The van der Waals surface area contributed by atoms with E-state index in [1.807, 2.05) is 20.8 Å². The van der Waals surface area contributed by atoms with Gasteiger partial charge >= 0.3 is 6.09 Å². The molecule has 3 N–H and O–H groups in total. The summed E-state index contributed by atoms with van der Waals surface area (Å²) < 4.78 is 5.34. The van der Waals surface area contributed by atoms with Crippen LogP contribution in [0, 0.1) is 6.92 Å². The van der Waals surface area contributed by atoms with Crippen LogP contribution in [0.1, 0.15) is 31.9 Å². The zero-order valence-electron chi connectivity index (χ0n) is 17.8. The first-order valence-corrected chi connectivity index (χ1v) is 9.65. The zero-order chi connectivity index (χ0) is 20.7. The molecule has 0 bridgehead atoms. The number of aromatic amines is 1. The van der Waals surface area contributed by atoms with Crippen LogP contribution in [-0.2, 0) is 11.2 Å². The van der Waals surface area contributed by atoms with Crippen molar-refractivity contribution in [1.29, 1.82) is 0 Å². The van der Waals surface area contributed by atoms with E-state index in [4.69, 9.17) is 4.74 Å². The fourth-order valence-electron chi connectivity index (χ4n) is 2.82. The molecule has 7 heteroatoms. The van der Waals surface area contributed by atoms with Gasteiger partial charge in [0.15, 0.2) is 5.96 Å². The molecule has 2 rings (SSSR count). The van der Waals surface area contributed by atoms with Crippen molar-refractivity contribution >= 4 is 23.0 Å². The number of likely N-dealkylation sites (N-methyl/N-ethyl adjacent to an activating group) is 1. The van der Waals surface area contributed by atoms with Crippen molar-refractivity contribution in [2.75, 3.05) is 33.7 Å². The molecule has 7 nitrogen and oxygen atoms in total. The maximum Gasteiger partial charge on any atom is 0.410 e. The Morgan fingerprint density at radius 2 is 1.96 bits per heavy atom. The van der Waals surface area contributed by atoms with Crippen molar-refractivity contribution < 1.29 is 9.53 Å². The number of hydrogen-bond donors (Lipinski definition) is 3. The topological polar surface area (TPSA) is 81.8 Å². The number of fused-ring (bicyclic) bond motifs is 1. The second kappa shape index (κ2) is 9.48. The second-order valence-corrected chi connectivity index (χ2v) is 7.94. The first kappa shape index (κ1) is 21.6. The molecule has 0 aliphatic heterocycles. The van der Waals surface area contributed by atoms with Crippen LogP contribution in [0.15, 0.2) is 29.4 Å². The van der Waals surface area contributed by atoms with Gasteiger partial charge in [-0.2, -0.15) is 0 Å². The molecule has 0 aliphatic carbocycles. The van der Waals surface area contributed by atoms with Crippen LogP contribution < -0.4 is 10.6 Å². The number of carbonyl (C=O) groups is 1. The Labute approximate surface area is 167 Å². The minimum absolute atomic E-state index is 0.327. The van der Waals surface area contributed by atoms with Gasteiger partial charge in [-0.1, -0.05) is 12.1 Å². The first-order chi connectivity index (χ1) is 13.2. The smallest absolute Gasteiger partial charge is 0.410 e. The van der Waals surface area contributed by atoms with Crippen LogP contribution in [0.2, 0.25) is 0 Å². The molecule has 1 amide bonds. The molecular weight excluding hydrogens is 354 g/mol. The average molecular weight is 388 g/mol. The maximum absolute atomic E-state index is 12.0. The largest absolute Gasteiger partial charge is 0.444 e. The molecule has 0 saturated heterocycles. The third kappa shape index (κ3) is 6.48. The van der Waals surface area contributed by atoms with E-state index >= 15 is 0 Å². The highest BCUT2D eigenvalue weighted by Gasteiger charge is 2.19. The molecule has 0 fully saturated rings. The summed E-state index contributed by atoms with van der Waals surface area (Å²) in [5, 5.41) is 7.80. The Morgan fingerprint density at radius 3 is 2.64 bits per heavy atom. The molecular formula is C21H33N5O2. The quantitative estimate of drug-likeness (QED) is 0.526. The molecule has 0 spiro atoms.